The van der Waals surface area contributed by atoms with E-state index in [2.05, 4.69) is 5.32 Å². The number of ether oxygens (including phenoxy) is 1. The zero-order chi connectivity index (χ0) is 15.1. The summed E-state index contributed by atoms with van der Waals surface area (Å²) in [7, 11) is 1.46. The van der Waals surface area contributed by atoms with Gasteiger partial charge in [-0.25, -0.2) is 0 Å². The van der Waals surface area contributed by atoms with Crippen LogP contribution >= 0.6 is 0 Å². The number of hydrogen-bond acceptors (Lipinski definition) is 3. The molecule has 3 atom stereocenters. The molecule has 1 aromatic carbocycles. The van der Waals surface area contributed by atoms with Crippen LogP contribution in [-0.4, -0.2) is 25.0 Å². The highest BCUT2D eigenvalue weighted by Crippen LogP contribution is 2.17. The number of amides is 2. The first kappa shape index (κ1) is 16.2. The Labute approximate surface area is 119 Å². The Morgan fingerprint density at radius 1 is 1.30 bits per heavy atom. The molecule has 2 amide bonds. The van der Waals surface area contributed by atoms with Crippen molar-refractivity contribution in [3.63, 3.8) is 0 Å². The van der Waals surface area contributed by atoms with Gasteiger partial charge in [-0.15, -0.1) is 0 Å². The number of nitrogens with one attached hydrogen (secondary N) is 1. The fourth-order valence-corrected chi connectivity index (χ4v) is 1.98. The largest absolute Gasteiger partial charge is 0.368 e. The van der Waals surface area contributed by atoms with Gasteiger partial charge in [-0.2, -0.15) is 0 Å². The molecule has 0 aliphatic heterocycles. The van der Waals surface area contributed by atoms with E-state index in [-0.39, 0.29) is 11.8 Å². The molecule has 0 saturated carbocycles. The highest BCUT2D eigenvalue weighted by Gasteiger charge is 2.28. The standard InChI is InChI=1S/C15H22N2O3/c1-4-10(2)12(14(16)18)17-15(19)13(20-3)11-8-6-5-7-9-11/h5-10,12-13H,4H2,1-3H3,(H2,16,18)(H,17,19)/t10-,12+,13-/m1/s1. The van der Waals surface area contributed by atoms with Crippen molar-refractivity contribution in [2.75, 3.05) is 7.11 Å². The first-order valence-electron chi connectivity index (χ1n) is 6.68. The molecule has 3 N–H and O–H groups in total. The van der Waals surface area contributed by atoms with Crippen LogP contribution in [0.5, 0.6) is 0 Å². The number of carbonyl (C=O) groups excluding carboxylic acids is 2. The lowest BCUT2D eigenvalue weighted by atomic mass is 9.98. The summed E-state index contributed by atoms with van der Waals surface area (Å²) in [6.07, 6.45) is -0.00115. The summed E-state index contributed by atoms with van der Waals surface area (Å²) in [6.45, 7) is 3.82. The smallest absolute Gasteiger partial charge is 0.254 e. The van der Waals surface area contributed by atoms with Crippen LogP contribution in [0.25, 0.3) is 0 Å². The number of nitrogens with two attached hydrogens (primary N) is 1. The number of hydrogen-bond donors (Lipinski definition) is 2. The van der Waals surface area contributed by atoms with Gasteiger partial charge in [-0.05, 0) is 11.5 Å². The Bertz CT molecular complexity index is 448. The van der Waals surface area contributed by atoms with Crippen molar-refractivity contribution in [1.29, 1.82) is 0 Å². The SMILES string of the molecule is CC[C@@H](C)[C@H](NC(=O)[C@H](OC)c1ccccc1)C(N)=O. The molecule has 1 rings (SSSR count). The third kappa shape index (κ3) is 4.06. The molecule has 0 heterocycles. The molecule has 0 spiro atoms. The molecule has 0 saturated heterocycles. The normalized spacial score (nSPS) is 15.2. The highest BCUT2D eigenvalue weighted by atomic mass is 16.5. The Balaban J connectivity index is 2.84. The van der Waals surface area contributed by atoms with Crippen LogP contribution in [0.15, 0.2) is 30.3 Å². The molecule has 0 aliphatic carbocycles. The second-order valence-corrected chi connectivity index (χ2v) is 4.80. The zero-order valence-corrected chi connectivity index (χ0v) is 12.1. The first-order valence-corrected chi connectivity index (χ1v) is 6.68. The summed E-state index contributed by atoms with van der Waals surface area (Å²) in [5, 5.41) is 2.68. The van der Waals surface area contributed by atoms with E-state index in [1.54, 1.807) is 12.1 Å². The summed E-state index contributed by atoms with van der Waals surface area (Å²) in [5.41, 5.74) is 6.08. The minimum Gasteiger partial charge on any atom is -0.368 e. The predicted octanol–water partition coefficient (Wildman–Crippen LogP) is 1.39. The molecule has 0 aliphatic rings. The maximum Gasteiger partial charge on any atom is 0.254 e. The summed E-state index contributed by atoms with van der Waals surface area (Å²) >= 11 is 0. The fourth-order valence-electron chi connectivity index (χ4n) is 1.98. The molecule has 20 heavy (non-hydrogen) atoms. The molecule has 0 radical (unpaired) electrons. The number of rotatable bonds is 7. The lowest BCUT2D eigenvalue weighted by Gasteiger charge is -2.24. The van der Waals surface area contributed by atoms with E-state index < -0.39 is 18.1 Å². The Kier molecular flexibility index (Phi) is 6.18. The predicted molar refractivity (Wildman–Crippen MR) is 76.8 cm³/mol. The minimum atomic E-state index is -0.748. The van der Waals surface area contributed by atoms with Gasteiger partial charge in [0.15, 0.2) is 6.10 Å². The minimum absolute atomic E-state index is 0.0234. The molecule has 0 aromatic heterocycles. The highest BCUT2D eigenvalue weighted by molar-refractivity contribution is 5.89. The number of carbonyl (C=O) groups is 2. The summed E-state index contributed by atoms with van der Waals surface area (Å²) < 4.78 is 5.23. The van der Waals surface area contributed by atoms with E-state index in [0.717, 1.165) is 12.0 Å². The average Bonchev–Trinajstić information content (AvgIpc) is 2.45. The van der Waals surface area contributed by atoms with Crippen molar-refractivity contribution < 1.29 is 14.3 Å². The van der Waals surface area contributed by atoms with E-state index in [1.165, 1.54) is 7.11 Å². The monoisotopic (exact) mass is 278 g/mol. The molecule has 110 valence electrons. The van der Waals surface area contributed by atoms with Crippen molar-refractivity contribution in [1.82, 2.24) is 5.32 Å². The summed E-state index contributed by atoms with van der Waals surface area (Å²) in [5.74, 6) is -0.914. The van der Waals surface area contributed by atoms with Crippen LogP contribution in [-0.2, 0) is 14.3 Å². The number of primary amides is 1. The van der Waals surface area contributed by atoms with Gasteiger partial charge in [0.2, 0.25) is 5.91 Å². The molecule has 1 aromatic rings. The molecular weight excluding hydrogens is 256 g/mol. The zero-order valence-electron chi connectivity index (χ0n) is 12.1. The van der Waals surface area contributed by atoms with E-state index in [4.69, 9.17) is 10.5 Å². The Morgan fingerprint density at radius 2 is 1.90 bits per heavy atom. The Morgan fingerprint density at radius 3 is 2.35 bits per heavy atom. The lowest BCUT2D eigenvalue weighted by Crippen LogP contribution is -2.49. The van der Waals surface area contributed by atoms with E-state index in [0.29, 0.717) is 0 Å². The van der Waals surface area contributed by atoms with Crippen molar-refractivity contribution in [2.45, 2.75) is 32.4 Å². The van der Waals surface area contributed by atoms with Gasteiger partial charge in [0.1, 0.15) is 6.04 Å². The van der Waals surface area contributed by atoms with Gasteiger partial charge < -0.3 is 15.8 Å². The maximum absolute atomic E-state index is 12.3. The first-order chi connectivity index (χ1) is 9.51. The summed E-state index contributed by atoms with van der Waals surface area (Å²) in [6, 6.07) is 8.43. The number of methoxy groups -OCH3 is 1. The van der Waals surface area contributed by atoms with Gasteiger partial charge in [-0.3, -0.25) is 9.59 Å². The molecule has 0 unspecified atom stereocenters. The lowest BCUT2D eigenvalue weighted by molar-refractivity contribution is -0.135. The van der Waals surface area contributed by atoms with Gasteiger partial charge in [-0.1, -0.05) is 50.6 Å². The summed E-state index contributed by atoms with van der Waals surface area (Å²) in [4.78, 5) is 23.7. The van der Waals surface area contributed by atoms with Crippen molar-refractivity contribution in [3.05, 3.63) is 35.9 Å². The quantitative estimate of drug-likeness (QED) is 0.790. The van der Waals surface area contributed by atoms with Gasteiger partial charge in [0, 0.05) is 7.11 Å². The molecule has 5 nitrogen and oxygen atoms in total. The van der Waals surface area contributed by atoms with Crippen LogP contribution in [0, 0.1) is 5.92 Å². The van der Waals surface area contributed by atoms with Gasteiger partial charge >= 0.3 is 0 Å². The fraction of sp³-hybridized carbons (Fsp3) is 0.467. The van der Waals surface area contributed by atoms with Gasteiger partial charge in [0.25, 0.3) is 5.91 Å². The van der Waals surface area contributed by atoms with Crippen LogP contribution in [0.2, 0.25) is 0 Å². The van der Waals surface area contributed by atoms with Crippen LogP contribution in [0.3, 0.4) is 0 Å². The van der Waals surface area contributed by atoms with E-state index in [1.807, 2.05) is 32.0 Å². The van der Waals surface area contributed by atoms with Crippen LogP contribution in [0.4, 0.5) is 0 Å². The van der Waals surface area contributed by atoms with Crippen LogP contribution in [0.1, 0.15) is 31.9 Å². The topological polar surface area (TPSA) is 81.4 Å². The second kappa shape index (κ2) is 7.65. The third-order valence-corrected chi connectivity index (χ3v) is 3.39. The molecule has 5 heteroatoms. The van der Waals surface area contributed by atoms with Crippen molar-refractivity contribution >= 4 is 11.8 Å². The third-order valence-electron chi connectivity index (χ3n) is 3.39. The molecule has 0 bridgehead atoms. The molecule has 0 fully saturated rings. The Hall–Kier alpha value is -1.88. The molecular formula is C15H22N2O3. The van der Waals surface area contributed by atoms with Crippen molar-refractivity contribution in [2.24, 2.45) is 11.7 Å². The van der Waals surface area contributed by atoms with Crippen molar-refractivity contribution in [3.8, 4) is 0 Å². The van der Waals surface area contributed by atoms with E-state index >= 15 is 0 Å². The second-order valence-electron chi connectivity index (χ2n) is 4.80. The average molecular weight is 278 g/mol. The maximum atomic E-state index is 12.3. The number of benzene rings is 1. The van der Waals surface area contributed by atoms with Gasteiger partial charge in [0.05, 0.1) is 0 Å². The van der Waals surface area contributed by atoms with E-state index in [9.17, 15) is 9.59 Å². The van der Waals surface area contributed by atoms with Crippen LogP contribution < -0.4 is 11.1 Å².